The summed E-state index contributed by atoms with van der Waals surface area (Å²) < 4.78 is 65.0. The van der Waals surface area contributed by atoms with Gasteiger partial charge in [0.05, 0.1) is 10.5 Å². The first-order chi connectivity index (χ1) is 12.6. The van der Waals surface area contributed by atoms with Crippen LogP contribution in [-0.2, 0) is 21.0 Å². The molecule has 2 aromatic carbocycles. The molecule has 0 aromatic heterocycles. The number of sulfonamides is 1. The fourth-order valence-electron chi connectivity index (χ4n) is 2.14. The van der Waals surface area contributed by atoms with Crippen molar-refractivity contribution in [3.63, 3.8) is 0 Å². The van der Waals surface area contributed by atoms with E-state index in [2.05, 4.69) is 10.0 Å². The first-order valence-corrected chi connectivity index (χ1v) is 9.79. The summed E-state index contributed by atoms with van der Waals surface area (Å²) >= 11 is 5.50. The Morgan fingerprint density at radius 1 is 1.04 bits per heavy atom. The van der Waals surface area contributed by atoms with Gasteiger partial charge in [0, 0.05) is 23.7 Å². The topological polar surface area (TPSA) is 75.3 Å². The van der Waals surface area contributed by atoms with Crippen molar-refractivity contribution in [1.29, 1.82) is 0 Å². The van der Waals surface area contributed by atoms with Crippen LogP contribution in [0, 0.1) is 0 Å². The molecule has 0 saturated carbocycles. The summed E-state index contributed by atoms with van der Waals surface area (Å²) in [4.78, 5) is 11.5. The van der Waals surface area contributed by atoms with Crippen LogP contribution >= 0.6 is 11.6 Å². The molecule has 1 amide bonds. The molecule has 0 saturated heterocycles. The molecule has 0 aliphatic heterocycles. The van der Waals surface area contributed by atoms with Crippen molar-refractivity contribution in [3.8, 4) is 0 Å². The highest BCUT2D eigenvalue weighted by Gasteiger charge is 2.30. The molecular weight excluding hydrogens is 405 g/mol. The van der Waals surface area contributed by atoms with Gasteiger partial charge in [-0.1, -0.05) is 6.07 Å². The van der Waals surface area contributed by atoms with Crippen molar-refractivity contribution >= 4 is 38.9 Å². The maximum Gasteiger partial charge on any atom is 0.416 e. The van der Waals surface area contributed by atoms with Crippen LogP contribution in [0.25, 0.3) is 0 Å². The van der Waals surface area contributed by atoms with Gasteiger partial charge < -0.3 is 5.32 Å². The molecule has 2 rings (SSSR count). The second kappa shape index (κ2) is 8.62. The van der Waals surface area contributed by atoms with E-state index in [-0.39, 0.29) is 22.9 Å². The van der Waals surface area contributed by atoms with Crippen molar-refractivity contribution in [1.82, 2.24) is 0 Å². The monoisotopic (exact) mass is 420 g/mol. The van der Waals surface area contributed by atoms with Crippen molar-refractivity contribution in [2.24, 2.45) is 0 Å². The Hall–Kier alpha value is -2.26. The Morgan fingerprint density at radius 3 is 2.30 bits per heavy atom. The first-order valence-electron chi connectivity index (χ1n) is 7.78. The number of rotatable bonds is 7. The zero-order chi connectivity index (χ0) is 20.1. The molecule has 0 bridgehead atoms. The maximum absolute atomic E-state index is 12.7. The number of anilines is 2. The third-order valence-corrected chi connectivity index (χ3v) is 5.09. The quantitative estimate of drug-likeness (QED) is 0.649. The van der Waals surface area contributed by atoms with E-state index in [1.807, 2.05) is 0 Å². The molecule has 0 aliphatic rings. The van der Waals surface area contributed by atoms with Crippen LogP contribution in [0.3, 0.4) is 0 Å². The highest BCUT2D eigenvalue weighted by molar-refractivity contribution is 7.92. The average Bonchev–Trinajstić information content (AvgIpc) is 2.59. The van der Waals surface area contributed by atoms with Gasteiger partial charge in [-0.2, -0.15) is 13.2 Å². The molecule has 0 atom stereocenters. The maximum atomic E-state index is 12.7. The molecule has 0 fully saturated rings. The number of halogens is 4. The summed E-state index contributed by atoms with van der Waals surface area (Å²) in [6, 6.07) is 9.15. The second-order valence-electron chi connectivity index (χ2n) is 5.55. The lowest BCUT2D eigenvalue weighted by Crippen LogP contribution is -2.14. The number of hydrogen-bond donors (Lipinski definition) is 2. The Kier molecular flexibility index (Phi) is 6.72. The van der Waals surface area contributed by atoms with Crippen LogP contribution in [0.1, 0.15) is 18.4 Å². The largest absolute Gasteiger partial charge is 0.416 e. The molecule has 2 N–H and O–H groups in total. The molecule has 0 aliphatic carbocycles. The summed E-state index contributed by atoms with van der Waals surface area (Å²) in [5, 5.41) is 2.59. The van der Waals surface area contributed by atoms with Gasteiger partial charge in [0.2, 0.25) is 5.91 Å². The molecule has 146 valence electrons. The third kappa shape index (κ3) is 6.14. The molecule has 27 heavy (non-hydrogen) atoms. The Labute approximate surface area is 159 Å². The van der Waals surface area contributed by atoms with E-state index in [0.29, 0.717) is 24.1 Å². The fraction of sp³-hybridized carbons (Fsp3) is 0.235. The van der Waals surface area contributed by atoms with Crippen molar-refractivity contribution in [2.75, 3.05) is 15.9 Å². The molecule has 2 aromatic rings. The summed E-state index contributed by atoms with van der Waals surface area (Å²) in [5.74, 6) is 0.0968. The standard InChI is InChI=1S/C17H16ClF3N2O3S/c18-10-2-5-16(24)22-13-6-8-15(9-7-13)27(25,26)23-14-4-1-3-12(11-14)17(19,20)21/h1,3-4,6-9,11,23H,2,5,10H2,(H,22,24). The molecule has 0 unspecified atom stereocenters. The van der Waals surface area contributed by atoms with Crippen LogP contribution in [-0.4, -0.2) is 20.2 Å². The highest BCUT2D eigenvalue weighted by Crippen LogP contribution is 2.31. The van der Waals surface area contributed by atoms with E-state index in [0.717, 1.165) is 12.1 Å². The van der Waals surface area contributed by atoms with Gasteiger partial charge in [0.15, 0.2) is 0 Å². The van der Waals surface area contributed by atoms with E-state index in [9.17, 15) is 26.4 Å². The predicted octanol–water partition coefficient (Wildman–Crippen LogP) is 4.46. The van der Waals surface area contributed by atoms with Crippen molar-refractivity contribution in [3.05, 3.63) is 54.1 Å². The molecule has 0 heterocycles. The van der Waals surface area contributed by atoms with E-state index in [1.54, 1.807) is 0 Å². The van der Waals surface area contributed by atoms with E-state index in [1.165, 1.54) is 30.3 Å². The molecule has 5 nitrogen and oxygen atoms in total. The van der Waals surface area contributed by atoms with Gasteiger partial charge in [-0.3, -0.25) is 9.52 Å². The minimum atomic E-state index is -4.58. The summed E-state index contributed by atoms with van der Waals surface area (Å²) in [6.45, 7) is 0. The number of alkyl halides is 4. The second-order valence-corrected chi connectivity index (χ2v) is 7.61. The van der Waals surface area contributed by atoms with Crippen LogP contribution < -0.4 is 10.0 Å². The predicted molar refractivity (Wildman–Crippen MR) is 97.3 cm³/mol. The number of carbonyl (C=O) groups is 1. The zero-order valence-corrected chi connectivity index (χ0v) is 15.5. The summed E-state index contributed by atoms with van der Waals surface area (Å²) in [7, 11) is -4.08. The van der Waals surface area contributed by atoms with Gasteiger partial charge in [-0.15, -0.1) is 11.6 Å². The lowest BCUT2D eigenvalue weighted by Gasteiger charge is -2.12. The minimum absolute atomic E-state index is 0.154. The van der Waals surface area contributed by atoms with Crippen LogP contribution in [0.4, 0.5) is 24.5 Å². The van der Waals surface area contributed by atoms with Crippen molar-refractivity contribution in [2.45, 2.75) is 23.9 Å². The molecule has 0 spiro atoms. The van der Waals surface area contributed by atoms with E-state index < -0.39 is 21.8 Å². The smallest absolute Gasteiger partial charge is 0.326 e. The summed E-state index contributed by atoms with van der Waals surface area (Å²) in [6.07, 6.45) is -3.83. The van der Waals surface area contributed by atoms with Crippen LogP contribution in [0.2, 0.25) is 0 Å². The summed E-state index contributed by atoms with van der Waals surface area (Å²) in [5.41, 5.74) is -0.770. The molecular formula is C17H16ClF3N2O3S. The number of benzene rings is 2. The third-order valence-electron chi connectivity index (χ3n) is 3.43. The van der Waals surface area contributed by atoms with Gasteiger partial charge in [-0.25, -0.2) is 8.42 Å². The van der Waals surface area contributed by atoms with Gasteiger partial charge in [-0.05, 0) is 48.9 Å². The van der Waals surface area contributed by atoms with Crippen LogP contribution in [0.5, 0.6) is 0 Å². The fourth-order valence-corrected chi connectivity index (χ4v) is 3.32. The van der Waals surface area contributed by atoms with Gasteiger partial charge in [0.1, 0.15) is 0 Å². The molecule has 10 heteroatoms. The Balaban J connectivity index is 2.12. The van der Waals surface area contributed by atoms with E-state index in [4.69, 9.17) is 11.6 Å². The van der Waals surface area contributed by atoms with Gasteiger partial charge in [0.25, 0.3) is 10.0 Å². The van der Waals surface area contributed by atoms with Gasteiger partial charge >= 0.3 is 6.18 Å². The van der Waals surface area contributed by atoms with Crippen molar-refractivity contribution < 1.29 is 26.4 Å². The normalized spacial score (nSPS) is 11.9. The number of nitrogens with one attached hydrogen (secondary N) is 2. The SMILES string of the molecule is O=C(CCCCl)Nc1ccc(S(=O)(=O)Nc2cccc(C(F)(F)F)c2)cc1. The Bertz CT molecular complexity index is 900. The minimum Gasteiger partial charge on any atom is -0.326 e. The highest BCUT2D eigenvalue weighted by atomic mass is 35.5. The number of hydrogen-bond acceptors (Lipinski definition) is 3. The number of amides is 1. The lowest BCUT2D eigenvalue weighted by atomic mass is 10.2. The number of carbonyl (C=O) groups excluding carboxylic acids is 1. The lowest BCUT2D eigenvalue weighted by molar-refractivity contribution is -0.137. The van der Waals surface area contributed by atoms with Crippen LogP contribution in [0.15, 0.2) is 53.4 Å². The first kappa shape index (κ1) is 21.0. The zero-order valence-electron chi connectivity index (χ0n) is 13.9. The van der Waals surface area contributed by atoms with E-state index >= 15 is 0 Å². The molecule has 0 radical (unpaired) electrons. The Morgan fingerprint density at radius 2 is 1.70 bits per heavy atom. The average molecular weight is 421 g/mol.